The summed E-state index contributed by atoms with van der Waals surface area (Å²) in [6.45, 7) is -1.28. The zero-order chi connectivity index (χ0) is 17.6. The van der Waals surface area contributed by atoms with Crippen molar-refractivity contribution in [3.05, 3.63) is 25.1 Å². The maximum absolute atomic E-state index is 9.20. The Morgan fingerprint density at radius 1 is 0.636 bits per heavy atom. The Bertz CT molecular complexity index is 385. The van der Waals surface area contributed by atoms with Gasteiger partial charge in [-0.25, -0.2) is 0 Å². The summed E-state index contributed by atoms with van der Waals surface area (Å²) in [5.41, 5.74) is 0. The van der Waals surface area contributed by atoms with Crippen LogP contribution in [0.2, 0.25) is 25.1 Å². The van der Waals surface area contributed by atoms with Gasteiger partial charge in [0, 0.05) is 0 Å². The third kappa shape index (κ3) is 5.72. The zero-order valence-corrected chi connectivity index (χ0v) is 14.5. The molecule has 0 saturated heterocycles. The number of phenolic OH excluding ortho intramolecular Hbond substituents is 1. The summed E-state index contributed by atoms with van der Waals surface area (Å²) in [6.07, 6.45) is -4.29. The van der Waals surface area contributed by atoms with E-state index in [9.17, 15) is 5.11 Å². The van der Waals surface area contributed by atoms with Crippen molar-refractivity contribution in [2.45, 2.75) is 18.3 Å². The molecule has 0 amide bonds. The fourth-order valence-corrected chi connectivity index (χ4v) is 2.19. The molecular weight excluding hydrogens is 405 g/mol. The molecule has 128 valence electrons. The monoisotopic (exact) mass is 416 g/mol. The van der Waals surface area contributed by atoms with Gasteiger partial charge in [0.1, 0.15) is 28.4 Å². The highest BCUT2D eigenvalue weighted by Gasteiger charge is 2.22. The van der Waals surface area contributed by atoms with Crippen molar-refractivity contribution in [3.63, 3.8) is 0 Å². The van der Waals surface area contributed by atoms with Crippen LogP contribution in [0.1, 0.15) is 0 Å². The summed E-state index contributed by atoms with van der Waals surface area (Å²) in [7, 11) is 0. The summed E-state index contributed by atoms with van der Waals surface area (Å²) in [6, 6.07) is 0. The van der Waals surface area contributed by atoms with E-state index >= 15 is 0 Å². The second kappa shape index (κ2) is 10.2. The smallest absolute Gasteiger partial charge is 0.155 e. The average Bonchev–Trinajstić information content (AvgIpc) is 2.54. The predicted molar refractivity (Wildman–Crippen MR) is 85.3 cm³/mol. The first kappa shape index (κ1) is 22.3. The van der Waals surface area contributed by atoms with E-state index in [1.54, 1.807) is 0 Å². The normalized spacial score (nSPS) is 14.8. The minimum atomic E-state index is -1.49. The lowest BCUT2D eigenvalue weighted by molar-refractivity contribution is -0.0900. The topological polar surface area (TPSA) is 121 Å². The molecule has 6 N–H and O–H groups in total. The molecule has 0 heterocycles. The van der Waals surface area contributed by atoms with Crippen molar-refractivity contribution >= 4 is 58.0 Å². The molecule has 6 nitrogen and oxygen atoms in total. The first-order valence-electron chi connectivity index (χ1n) is 5.56. The Morgan fingerprint density at radius 2 is 0.909 bits per heavy atom. The predicted octanol–water partition coefficient (Wildman–Crippen LogP) is 1.71. The maximum atomic E-state index is 9.20. The summed E-state index contributed by atoms with van der Waals surface area (Å²) < 4.78 is 0. The van der Waals surface area contributed by atoms with Gasteiger partial charge in [-0.05, 0) is 0 Å². The van der Waals surface area contributed by atoms with Gasteiger partial charge in [0.25, 0.3) is 0 Å². The standard InChI is InChI=1S/C6HCl5O.C5H12O5/c7-1-2(8)4(10)6(12)5(11)3(1)9;6-1-3(8)5(10)4(9)2-7/h12H;3-10H,1-2H2/t;3-,4+,5+. The van der Waals surface area contributed by atoms with Crippen LogP contribution in [0.5, 0.6) is 5.75 Å². The molecule has 0 aromatic heterocycles. The lowest BCUT2D eigenvalue weighted by atomic mass is 10.1. The van der Waals surface area contributed by atoms with Crippen LogP contribution in [0.4, 0.5) is 0 Å². The molecule has 0 saturated carbocycles. The van der Waals surface area contributed by atoms with Crippen LogP contribution in [0.3, 0.4) is 0 Å². The maximum Gasteiger partial charge on any atom is 0.155 e. The van der Waals surface area contributed by atoms with Crippen molar-refractivity contribution in [1.29, 1.82) is 0 Å². The Balaban J connectivity index is 0.000000409. The molecule has 1 aromatic carbocycles. The highest BCUT2D eigenvalue weighted by molar-refractivity contribution is 6.55. The number of benzene rings is 1. The Kier molecular flexibility index (Phi) is 10.3. The molecule has 0 fully saturated rings. The summed E-state index contributed by atoms with van der Waals surface area (Å²) in [4.78, 5) is 0. The molecule has 0 aliphatic carbocycles. The van der Waals surface area contributed by atoms with Crippen LogP contribution in [-0.2, 0) is 0 Å². The largest absolute Gasteiger partial charge is 0.505 e. The van der Waals surface area contributed by atoms with Gasteiger partial charge >= 0.3 is 0 Å². The van der Waals surface area contributed by atoms with Crippen molar-refractivity contribution in [3.8, 4) is 5.75 Å². The van der Waals surface area contributed by atoms with E-state index in [1.165, 1.54) is 0 Å². The quantitative estimate of drug-likeness (QED) is 0.327. The molecule has 0 aliphatic rings. The fourth-order valence-electron chi connectivity index (χ4n) is 1.07. The molecule has 1 aromatic rings. The summed E-state index contributed by atoms with van der Waals surface area (Å²) in [5, 5.41) is 51.6. The minimum absolute atomic E-state index is 0.00904. The number of aliphatic hydroxyl groups is 5. The van der Waals surface area contributed by atoms with E-state index in [2.05, 4.69) is 0 Å². The fraction of sp³-hybridized carbons (Fsp3) is 0.455. The third-order valence-electron chi connectivity index (χ3n) is 2.35. The number of hydrogen-bond donors (Lipinski definition) is 6. The Hall–Kier alpha value is 0.270. The molecule has 0 aliphatic heterocycles. The molecular formula is C11H13Cl5O6. The summed E-state index contributed by atoms with van der Waals surface area (Å²) >= 11 is 27.9. The van der Waals surface area contributed by atoms with Gasteiger partial charge in [-0.3, -0.25) is 0 Å². The molecule has 0 unspecified atom stereocenters. The van der Waals surface area contributed by atoms with Crippen molar-refractivity contribution in [2.24, 2.45) is 0 Å². The third-order valence-corrected chi connectivity index (χ3v) is 4.61. The second-order valence-corrected chi connectivity index (χ2v) is 5.80. The highest BCUT2D eigenvalue weighted by Crippen LogP contribution is 2.47. The number of phenols is 1. The van der Waals surface area contributed by atoms with E-state index in [1.807, 2.05) is 0 Å². The first-order valence-corrected chi connectivity index (χ1v) is 7.45. The van der Waals surface area contributed by atoms with E-state index in [0.29, 0.717) is 0 Å². The van der Waals surface area contributed by atoms with Crippen LogP contribution in [0.15, 0.2) is 0 Å². The van der Waals surface area contributed by atoms with E-state index < -0.39 is 31.5 Å². The summed E-state index contributed by atoms with van der Waals surface area (Å²) in [5.74, 6) is -0.363. The van der Waals surface area contributed by atoms with Crippen LogP contribution in [-0.4, -0.2) is 62.2 Å². The Morgan fingerprint density at radius 3 is 1.18 bits per heavy atom. The molecule has 0 spiro atoms. The zero-order valence-electron chi connectivity index (χ0n) is 10.7. The van der Waals surface area contributed by atoms with Gasteiger partial charge in [-0.2, -0.15) is 0 Å². The van der Waals surface area contributed by atoms with Gasteiger partial charge in [-0.1, -0.05) is 58.0 Å². The number of aliphatic hydroxyl groups excluding tert-OH is 5. The van der Waals surface area contributed by atoms with Crippen molar-refractivity contribution in [2.75, 3.05) is 13.2 Å². The van der Waals surface area contributed by atoms with Gasteiger partial charge in [0.2, 0.25) is 0 Å². The van der Waals surface area contributed by atoms with E-state index in [-0.39, 0.29) is 30.9 Å². The lowest BCUT2D eigenvalue weighted by Gasteiger charge is -2.19. The number of aromatic hydroxyl groups is 1. The number of rotatable bonds is 4. The molecule has 22 heavy (non-hydrogen) atoms. The van der Waals surface area contributed by atoms with Gasteiger partial charge in [-0.15, -0.1) is 0 Å². The van der Waals surface area contributed by atoms with Crippen molar-refractivity contribution in [1.82, 2.24) is 0 Å². The van der Waals surface area contributed by atoms with Gasteiger partial charge in [0.15, 0.2) is 5.75 Å². The van der Waals surface area contributed by atoms with Crippen molar-refractivity contribution < 1.29 is 30.6 Å². The minimum Gasteiger partial charge on any atom is -0.505 e. The van der Waals surface area contributed by atoms with Crippen LogP contribution in [0, 0.1) is 0 Å². The highest BCUT2D eigenvalue weighted by atomic mass is 35.5. The Labute approximate surface area is 151 Å². The number of halogens is 5. The van der Waals surface area contributed by atoms with Crippen LogP contribution >= 0.6 is 58.0 Å². The van der Waals surface area contributed by atoms with Crippen LogP contribution in [0.25, 0.3) is 0 Å². The molecule has 3 atom stereocenters. The molecule has 1 rings (SSSR count). The molecule has 0 radical (unpaired) electrons. The number of hydrogen-bond acceptors (Lipinski definition) is 6. The second-order valence-electron chi connectivity index (χ2n) is 3.91. The van der Waals surface area contributed by atoms with Crippen LogP contribution < -0.4 is 0 Å². The lowest BCUT2D eigenvalue weighted by Crippen LogP contribution is -2.41. The average molecular weight is 418 g/mol. The SMILES string of the molecule is OC[C@@H](O)[C@H](O)[C@@H](O)CO.Oc1c(Cl)c(Cl)c(Cl)c(Cl)c1Cl. The molecule has 11 heteroatoms. The molecule has 0 bridgehead atoms. The first-order chi connectivity index (χ1) is 10.1. The van der Waals surface area contributed by atoms with Gasteiger partial charge < -0.3 is 30.6 Å². The van der Waals surface area contributed by atoms with E-state index in [0.717, 1.165) is 0 Å². The van der Waals surface area contributed by atoms with E-state index in [4.69, 9.17) is 83.5 Å². The van der Waals surface area contributed by atoms with Gasteiger partial charge in [0.05, 0.1) is 28.3 Å².